The van der Waals surface area contributed by atoms with E-state index < -0.39 is 5.97 Å². The first-order valence-electron chi connectivity index (χ1n) is 6.14. The predicted molar refractivity (Wildman–Crippen MR) is 66.8 cm³/mol. The molecule has 3 heteroatoms. The molecule has 3 atom stereocenters. The highest BCUT2D eigenvalue weighted by Gasteiger charge is 2.37. The molecule has 1 aromatic carbocycles. The van der Waals surface area contributed by atoms with Crippen LogP contribution in [0.2, 0.25) is 0 Å². The number of carbonyl (C=O) groups is 1. The van der Waals surface area contributed by atoms with Crippen molar-refractivity contribution in [2.45, 2.75) is 32.4 Å². The SMILES string of the molecule is CC(c1ccccc1)N1CC[C@@H](C(=O)O)[C@H]1C. The number of likely N-dealkylation sites (tertiary alicyclic amines) is 1. The third-order valence-electron chi connectivity index (χ3n) is 3.90. The molecule has 1 aliphatic rings. The number of nitrogens with zero attached hydrogens (tertiary/aromatic N) is 1. The van der Waals surface area contributed by atoms with Gasteiger partial charge in [0.25, 0.3) is 0 Å². The van der Waals surface area contributed by atoms with Gasteiger partial charge in [-0.2, -0.15) is 0 Å². The predicted octanol–water partition coefficient (Wildman–Crippen LogP) is 2.54. The Morgan fingerprint density at radius 1 is 1.41 bits per heavy atom. The number of hydrogen-bond donors (Lipinski definition) is 1. The van der Waals surface area contributed by atoms with E-state index >= 15 is 0 Å². The molecular formula is C14H19NO2. The summed E-state index contributed by atoms with van der Waals surface area (Å²) >= 11 is 0. The van der Waals surface area contributed by atoms with Gasteiger partial charge in [0, 0.05) is 12.1 Å². The minimum atomic E-state index is -0.666. The van der Waals surface area contributed by atoms with Gasteiger partial charge in [-0.05, 0) is 32.4 Å². The van der Waals surface area contributed by atoms with E-state index in [1.54, 1.807) is 0 Å². The van der Waals surface area contributed by atoms with Crippen molar-refractivity contribution in [3.8, 4) is 0 Å². The summed E-state index contributed by atoms with van der Waals surface area (Å²) in [4.78, 5) is 13.4. The second-order valence-electron chi connectivity index (χ2n) is 4.80. The Balaban J connectivity index is 2.12. The van der Waals surface area contributed by atoms with Crippen molar-refractivity contribution in [1.82, 2.24) is 4.90 Å². The maximum Gasteiger partial charge on any atom is 0.308 e. The van der Waals surface area contributed by atoms with Crippen LogP contribution in [-0.2, 0) is 4.79 Å². The first-order valence-corrected chi connectivity index (χ1v) is 6.14. The van der Waals surface area contributed by atoms with Crippen LogP contribution in [0.3, 0.4) is 0 Å². The zero-order chi connectivity index (χ0) is 12.4. The molecule has 1 unspecified atom stereocenters. The van der Waals surface area contributed by atoms with Crippen molar-refractivity contribution in [2.24, 2.45) is 5.92 Å². The minimum absolute atomic E-state index is 0.114. The van der Waals surface area contributed by atoms with E-state index in [2.05, 4.69) is 24.0 Å². The first kappa shape index (κ1) is 12.1. The zero-order valence-electron chi connectivity index (χ0n) is 10.3. The second kappa shape index (κ2) is 4.88. The van der Waals surface area contributed by atoms with E-state index in [1.165, 1.54) is 5.56 Å². The molecule has 3 nitrogen and oxygen atoms in total. The number of aliphatic carboxylic acids is 1. The summed E-state index contributed by atoms with van der Waals surface area (Å²) in [5, 5.41) is 9.13. The van der Waals surface area contributed by atoms with Crippen LogP contribution < -0.4 is 0 Å². The van der Waals surface area contributed by atoms with Gasteiger partial charge in [-0.25, -0.2) is 0 Å². The fourth-order valence-corrected chi connectivity index (χ4v) is 2.76. The topological polar surface area (TPSA) is 40.5 Å². The highest BCUT2D eigenvalue weighted by atomic mass is 16.4. The van der Waals surface area contributed by atoms with E-state index in [0.29, 0.717) is 0 Å². The zero-order valence-corrected chi connectivity index (χ0v) is 10.3. The summed E-state index contributed by atoms with van der Waals surface area (Å²) in [5.74, 6) is -0.888. The van der Waals surface area contributed by atoms with Crippen molar-refractivity contribution in [3.05, 3.63) is 35.9 Å². The number of rotatable bonds is 3. The molecule has 0 aliphatic carbocycles. The summed E-state index contributed by atoms with van der Waals surface area (Å²) in [5.41, 5.74) is 1.25. The van der Waals surface area contributed by atoms with Crippen molar-refractivity contribution in [3.63, 3.8) is 0 Å². The quantitative estimate of drug-likeness (QED) is 0.872. The molecule has 1 N–H and O–H groups in total. The standard InChI is InChI=1S/C14H19NO2/c1-10(12-6-4-3-5-7-12)15-9-8-13(11(15)2)14(16)17/h3-7,10-11,13H,8-9H2,1-2H3,(H,16,17)/t10?,11-,13-/m1/s1. The third kappa shape index (κ3) is 2.34. The highest BCUT2D eigenvalue weighted by Crippen LogP contribution is 2.32. The Morgan fingerprint density at radius 3 is 2.59 bits per heavy atom. The monoisotopic (exact) mass is 233 g/mol. The highest BCUT2D eigenvalue weighted by molar-refractivity contribution is 5.71. The van der Waals surface area contributed by atoms with Gasteiger partial charge in [0.05, 0.1) is 5.92 Å². The smallest absolute Gasteiger partial charge is 0.308 e. The molecule has 0 aromatic heterocycles. The van der Waals surface area contributed by atoms with Crippen molar-refractivity contribution >= 4 is 5.97 Å². The minimum Gasteiger partial charge on any atom is -0.481 e. The van der Waals surface area contributed by atoms with Gasteiger partial charge in [-0.15, -0.1) is 0 Å². The molecule has 1 saturated heterocycles. The lowest BCUT2D eigenvalue weighted by Crippen LogP contribution is -2.34. The molecule has 0 saturated carbocycles. The van der Waals surface area contributed by atoms with E-state index in [1.807, 2.05) is 25.1 Å². The summed E-state index contributed by atoms with van der Waals surface area (Å²) in [6.45, 7) is 5.04. The molecule has 1 aromatic rings. The maximum atomic E-state index is 11.1. The van der Waals surface area contributed by atoms with E-state index in [9.17, 15) is 4.79 Å². The van der Waals surface area contributed by atoms with Crippen LogP contribution in [0.4, 0.5) is 0 Å². The average molecular weight is 233 g/mol. The number of carboxylic acid groups (broad SMARTS) is 1. The van der Waals surface area contributed by atoms with Gasteiger partial charge in [0.15, 0.2) is 0 Å². The summed E-state index contributed by atoms with van der Waals surface area (Å²) in [6, 6.07) is 10.7. The second-order valence-corrected chi connectivity index (χ2v) is 4.80. The fourth-order valence-electron chi connectivity index (χ4n) is 2.76. The average Bonchev–Trinajstić information content (AvgIpc) is 2.71. The van der Waals surface area contributed by atoms with Gasteiger partial charge in [0.1, 0.15) is 0 Å². The van der Waals surface area contributed by atoms with E-state index in [-0.39, 0.29) is 18.0 Å². The van der Waals surface area contributed by atoms with Crippen LogP contribution in [0, 0.1) is 5.92 Å². The Hall–Kier alpha value is -1.35. The summed E-state index contributed by atoms with van der Waals surface area (Å²) < 4.78 is 0. The molecule has 1 heterocycles. The van der Waals surface area contributed by atoms with Gasteiger partial charge in [0.2, 0.25) is 0 Å². The molecule has 0 amide bonds. The molecule has 0 radical (unpaired) electrons. The van der Waals surface area contributed by atoms with Crippen molar-refractivity contribution < 1.29 is 9.90 Å². The normalized spacial score (nSPS) is 26.9. The molecule has 0 bridgehead atoms. The molecule has 0 spiro atoms. The van der Waals surface area contributed by atoms with Crippen LogP contribution in [0.1, 0.15) is 31.9 Å². The lowest BCUT2D eigenvalue weighted by molar-refractivity contribution is -0.142. The van der Waals surface area contributed by atoms with Crippen LogP contribution in [0.5, 0.6) is 0 Å². The molecule has 2 rings (SSSR count). The number of carboxylic acids is 1. The first-order chi connectivity index (χ1) is 8.11. The molecule has 1 fully saturated rings. The van der Waals surface area contributed by atoms with E-state index in [0.717, 1.165) is 13.0 Å². The summed E-state index contributed by atoms with van der Waals surface area (Å²) in [7, 11) is 0. The molecular weight excluding hydrogens is 214 g/mol. The maximum absolute atomic E-state index is 11.1. The Kier molecular flexibility index (Phi) is 3.48. The molecule has 17 heavy (non-hydrogen) atoms. The molecule has 1 aliphatic heterocycles. The number of benzene rings is 1. The third-order valence-corrected chi connectivity index (χ3v) is 3.90. The van der Waals surface area contributed by atoms with Gasteiger partial charge >= 0.3 is 5.97 Å². The van der Waals surface area contributed by atoms with Crippen LogP contribution in [0.15, 0.2) is 30.3 Å². The van der Waals surface area contributed by atoms with Crippen LogP contribution in [0.25, 0.3) is 0 Å². The van der Waals surface area contributed by atoms with Crippen LogP contribution in [-0.4, -0.2) is 28.6 Å². The van der Waals surface area contributed by atoms with Crippen molar-refractivity contribution in [1.29, 1.82) is 0 Å². The van der Waals surface area contributed by atoms with Gasteiger partial charge < -0.3 is 5.11 Å². The Labute approximate surface area is 102 Å². The fraction of sp³-hybridized carbons (Fsp3) is 0.500. The van der Waals surface area contributed by atoms with Crippen LogP contribution >= 0.6 is 0 Å². The summed E-state index contributed by atoms with van der Waals surface area (Å²) in [6.07, 6.45) is 0.758. The number of hydrogen-bond acceptors (Lipinski definition) is 2. The lowest BCUT2D eigenvalue weighted by Gasteiger charge is -2.29. The van der Waals surface area contributed by atoms with Crippen molar-refractivity contribution in [2.75, 3.05) is 6.54 Å². The lowest BCUT2D eigenvalue weighted by atomic mass is 10.0. The largest absolute Gasteiger partial charge is 0.481 e. The van der Waals surface area contributed by atoms with Gasteiger partial charge in [-0.3, -0.25) is 9.69 Å². The van der Waals surface area contributed by atoms with E-state index in [4.69, 9.17) is 5.11 Å². The molecule has 92 valence electrons. The van der Waals surface area contributed by atoms with Gasteiger partial charge in [-0.1, -0.05) is 30.3 Å². The Morgan fingerprint density at radius 2 is 2.06 bits per heavy atom. The Bertz CT molecular complexity index is 390.